The molecule has 0 aliphatic carbocycles. The summed E-state index contributed by atoms with van der Waals surface area (Å²) in [5, 5.41) is 0. The third-order valence-electron chi connectivity index (χ3n) is 2.67. The van der Waals surface area contributed by atoms with Crippen LogP contribution in [0.2, 0.25) is 0 Å². The van der Waals surface area contributed by atoms with E-state index < -0.39 is 0 Å². The molecule has 0 amide bonds. The summed E-state index contributed by atoms with van der Waals surface area (Å²) in [6.07, 6.45) is 7.65. The maximum Gasteiger partial charge on any atom is 0.199 e. The van der Waals surface area contributed by atoms with E-state index in [1.165, 1.54) is 25.7 Å². The molecule has 0 fully saturated rings. The van der Waals surface area contributed by atoms with E-state index in [1.54, 1.807) is 6.33 Å². The second-order valence-corrected chi connectivity index (χ2v) is 4.32. The molecule has 0 saturated heterocycles. The molecule has 0 saturated carbocycles. The highest BCUT2D eigenvalue weighted by molar-refractivity contribution is 7.71. The monoisotopic (exact) mass is 236 g/mol. The predicted octanol–water partition coefficient (Wildman–Crippen LogP) is 3.14. The average molecular weight is 236 g/mol. The van der Waals surface area contributed by atoms with Gasteiger partial charge in [-0.25, -0.2) is 4.98 Å². The summed E-state index contributed by atoms with van der Waals surface area (Å²) in [5.74, 6) is 0. The number of imidazole rings is 1. The van der Waals surface area contributed by atoms with Crippen LogP contribution in [0.25, 0.3) is 11.2 Å². The summed E-state index contributed by atoms with van der Waals surface area (Å²) >= 11 is 5.07. The van der Waals surface area contributed by atoms with E-state index in [9.17, 15) is 0 Å². The van der Waals surface area contributed by atoms with Gasteiger partial charge >= 0.3 is 0 Å². The fourth-order valence-electron chi connectivity index (χ4n) is 1.83. The largest absolute Gasteiger partial charge is 0.342 e. The van der Waals surface area contributed by atoms with Crippen molar-refractivity contribution in [2.45, 2.75) is 39.0 Å². The molecule has 0 radical (unpaired) electrons. The molecule has 0 aliphatic rings. The van der Waals surface area contributed by atoms with E-state index in [-0.39, 0.29) is 0 Å². The standard InChI is InChI=1S/C11H16N4S/c1-2-3-4-5-6-8-9-10(13-7-12-9)15-11(16)14-8/h7H,2-6H2,1H3,(H2,12,13,14,15,16). The number of nitrogens with one attached hydrogen (secondary N) is 2. The third-order valence-corrected chi connectivity index (χ3v) is 2.86. The second-order valence-electron chi connectivity index (χ2n) is 3.93. The second kappa shape index (κ2) is 5.21. The first kappa shape index (κ1) is 11.3. The van der Waals surface area contributed by atoms with Crippen molar-refractivity contribution in [1.82, 2.24) is 19.9 Å². The number of unbranched alkanes of at least 4 members (excludes halogenated alkanes) is 3. The Kier molecular flexibility index (Phi) is 3.66. The van der Waals surface area contributed by atoms with Gasteiger partial charge in [0.2, 0.25) is 0 Å². The van der Waals surface area contributed by atoms with Gasteiger partial charge in [-0.2, -0.15) is 4.98 Å². The van der Waals surface area contributed by atoms with E-state index in [0.29, 0.717) is 10.4 Å². The quantitative estimate of drug-likeness (QED) is 0.619. The molecule has 4 nitrogen and oxygen atoms in total. The topological polar surface area (TPSA) is 57.4 Å². The molecular weight excluding hydrogens is 220 g/mol. The molecule has 0 aromatic carbocycles. The maximum absolute atomic E-state index is 5.07. The third kappa shape index (κ3) is 2.47. The van der Waals surface area contributed by atoms with Gasteiger partial charge in [0.1, 0.15) is 5.52 Å². The number of hydrogen-bond donors (Lipinski definition) is 2. The normalized spacial score (nSPS) is 11.1. The lowest BCUT2D eigenvalue weighted by atomic mass is 10.1. The number of hydrogen-bond acceptors (Lipinski definition) is 3. The Hall–Kier alpha value is -1.23. The number of aromatic nitrogens is 4. The Morgan fingerprint density at radius 2 is 2.19 bits per heavy atom. The number of H-pyrrole nitrogens is 2. The fourth-order valence-corrected chi connectivity index (χ4v) is 2.04. The summed E-state index contributed by atoms with van der Waals surface area (Å²) in [4.78, 5) is 14.5. The van der Waals surface area contributed by atoms with Crippen LogP contribution < -0.4 is 0 Å². The molecule has 0 unspecified atom stereocenters. The van der Waals surface area contributed by atoms with Gasteiger partial charge in [-0.05, 0) is 25.1 Å². The first-order chi connectivity index (χ1) is 7.81. The van der Waals surface area contributed by atoms with Crippen LogP contribution in [0.5, 0.6) is 0 Å². The number of fused-ring (bicyclic) bond motifs is 1. The van der Waals surface area contributed by atoms with Crippen molar-refractivity contribution in [1.29, 1.82) is 0 Å². The summed E-state index contributed by atoms with van der Waals surface area (Å²) in [6.45, 7) is 2.22. The zero-order valence-electron chi connectivity index (χ0n) is 9.42. The summed E-state index contributed by atoms with van der Waals surface area (Å²) < 4.78 is 0.519. The molecule has 16 heavy (non-hydrogen) atoms. The lowest BCUT2D eigenvalue weighted by Crippen LogP contribution is -1.95. The van der Waals surface area contributed by atoms with Crippen molar-refractivity contribution in [2.24, 2.45) is 0 Å². The number of aromatic amines is 2. The Morgan fingerprint density at radius 1 is 1.31 bits per heavy atom. The number of aryl methyl sites for hydroxylation is 1. The highest BCUT2D eigenvalue weighted by Gasteiger charge is 2.04. The Morgan fingerprint density at radius 3 is 3.00 bits per heavy atom. The van der Waals surface area contributed by atoms with E-state index in [2.05, 4.69) is 26.9 Å². The lowest BCUT2D eigenvalue weighted by molar-refractivity contribution is 0.661. The summed E-state index contributed by atoms with van der Waals surface area (Å²) in [6, 6.07) is 0. The van der Waals surface area contributed by atoms with Gasteiger partial charge < -0.3 is 9.97 Å². The Bertz CT molecular complexity index is 514. The van der Waals surface area contributed by atoms with Crippen molar-refractivity contribution in [3.05, 3.63) is 16.8 Å². The van der Waals surface area contributed by atoms with E-state index >= 15 is 0 Å². The zero-order valence-corrected chi connectivity index (χ0v) is 10.2. The molecule has 0 bridgehead atoms. The van der Waals surface area contributed by atoms with Crippen molar-refractivity contribution >= 4 is 23.4 Å². The molecule has 2 aromatic heterocycles. The van der Waals surface area contributed by atoms with E-state index in [0.717, 1.165) is 17.6 Å². The average Bonchev–Trinajstić information content (AvgIpc) is 2.72. The molecule has 0 aliphatic heterocycles. The van der Waals surface area contributed by atoms with Crippen LogP contribution >= 0.6 is 12.2 Å². The first-order valence-electron chi connectivity index (χ1n) is 5.73. The van der Waals surface area contributed by atoms with Gasteiger partial charge in [0.25, 0.3) is 0 Å². The van der Waals surface area contributed by atoms with E-state index in [1.807, 2.05) is 0 Å². The van der Waals surface area contributed by atoms with Crippen molar-refractivity contribution in [3.8, 4) is 0 Å². The predicted molar refractivity (Wildman–Crippen MR) is 66.9 cm³/mol. The molecule has 2 rings (SSSR count). The summed E-state index contributed by atoms with van der Waals surface area (Å²) in [7, 11) is 0. The Labute approximate surface area is 99.5 Å². The van der Waals surface area contributed by atoms with E-state index in [4.69, 9.17) is 12.2 Å². The lowest BCUT2D eigenvalue weighted by Gasteiger charge is -2.02. The fraction of sp³-hybridized carbons (Fsp3) is 0.545. The minimum absolute atomic E-state index is 0.519. The van der Waals surface area contributed by atoms with Gasteiger partial charge in [0, 0.05) is 5.69 Å². The number of nitrogens with zero attached hydrogens (tertiary/aromatic N) is 2. The van der Waals surface area contributed by atoms with Crippen LogP contribution in [0.1, 0.15) is 38.3 Å². The Balaban J connectivity index is 2.16. The van der Waals surface area contributed by atoms with Crippen molar-refractivity contribution in [2.75, 3.05) is 0 Å². The molecule has 2 heterocycles. The van der Waals surface area contributed by atoms with Crippen LogP contribution in [0.3, 0.4) is 0 Å². The first-order valence-corrected chi connectivity index (χ1v) is 6.14. The molecule has 86 valence electrons. The SMILES string of the molecule is CCCCCCc1[nH]c(=S)nc2nc[nH]c12. The highest BCUT2D eigenvalue weighted by atomic mass is 32.1. The van der Waals surface area contributed by atoms with Gasteiger partial charge in [-0.15, -0.1) is 0 Å². The van der Waals surface area contributed by atoms with Crippen LogP contribution in [-0.4, -0.2) is 19.9 Å². The van der Waals surface area contributed by atoms with Crippen molar-refractivity contribution in [3.63, 3.8) is 0 Å². The zero-order chi connectivity index (χ0) is 11.4. The molecule has 5 heteroatoms. The highest BCUT2D eigenvalue weighted by Crippen LogP contribution is 2.13. The molecular formula is C11H16N4S. The maximum atomic E-state index is 5.07. The molecule has 2 aromatic rings. The minimum Gasteiger partial charge on any atom is -0.342 e. The summed E-state index contributed by atoms with van der Waals surface area (Å²) in [5.41, 5.74) is 2.84. The smallest absolute Gasteiger partial charge is 0.199 e. The van der Waals surface area contributed by atoms with Crippen LogP contribution in [0.15, 0.2) is 6.33 Å². The molecule has 2 N–H and O–H groups in total. The number of rotatable bonds is 5. The molecule has 0 spiro atoms. The van der Waals surface area contributed by atoms with Gasteiger partial charge in [0.15, 0.2) is 10.4 Å². The van der Waals surface area contributed by atoms with Gasteiger partial charge in [-0.3, -0.25) is 0 Å². The van der Waals surface area contributed by atoms with Gasteiger partial charge in [0.05, 0.1) is 6.33 Å². The minimum atomic E-state index is 0.519. The van der Waals surface area contributed by atoms with Crippen LogP contribution in [0, 0.1) is 4.77 Å². The van der Waals surface area contributed by atoms with Gasteiger partial charge in [-0.1, -0.05) is 26.2 Å². The van der Waals surface area contributed by atoms with Crippen LogP contribution in [-0.2, 0) is 6.42 Å². The van der Waals surface area contributed by atoms with Crippen LogP contribution in [0.4, 0.5) is 0 Å². The van der Waals surface area contributed by atoms with Crippen molar-refractivity contribution < 1.29 is 0 Å². The molecule has 0 atom stereocenters.